The fraction of sp³-hybridized carbons (Fsp3) is 0.781. The third-order valence-corrected chi connectivity index (χ3v) is 16.4. The number of ether oxygens (including phenoxy) is 2. The summed E-state index contributed by atoms with van der Waals surface area (Å²) in [6.45, 7) is 14.9. The first-order valence-electron chi connectivity index (χ1n) is 15.1. The Kier molecular flexibility index (Phi) is 6.31. The van der Waals surface area contributed by atoms with Gasteiger partial charge in [0.15, 0.2) is 5.79 Å². The number of rotatable bonds is 3. The van der Waals surface area contributed by atoms with Gasteiger partial charge in [0.2, 0.25) is 8.32 Å². The Labute approximate surface area is 230 Å². The molecule has 210 valence electrons. The fourth-order valence-corrected chi connectivity index (χ4v) is 10.1. The maximum absolute atomic E-state index is 13.3. The lowest BCUT2D eigenvalue weighted by atomic mass is 9.45. The van der Waals surface area contributed by atoms with Crippen LogP contribution in [0.15, 0.2) is 24.3 Å². The van der Waals surface area contributed by atoms with Gasteiger partial charge < -0.3 is 19.0 Å². The van der Waals surface area contributed by atoms with Crippen molar-refractivity contribution in [1.82, 2.24) is 0 Å². The molecule has 1 aromatic rings. The number of hydrogen-bond donors (Lipinski definition) is 1. The number of fused-ring (bicyclic) bond motifs is 5. The Morgan fingerprint density at radius 3 is 2.34 bits per heavy atom. The molecule has 1 saturated heterocycles. The first-order chi connectivity index (χ1) is 17.8. The van der Waals surface area contributed by atoms with Crippen molar-refractivity contribution in [2.75, 3.05) is 13.2 Å². The summed E-state index contributed by atoms with van der Waals surface area (Å²) < 4.78 is 18.8. The Balaban J connectivity index is 1.33. The second-order valence-corrected chi connectivity index (χ2v) is 19.8. The molecule has 0 radical (unpaired) electrons. The molecule has 1 aliphatic heterocycles. The molecule has 7 atom stereocenters. The van der Waals surface area contributed by atoms with Crippen LogP contribution in [0.2, 0.25) is 18.1 Å². The number of carbonyl (C=O) groups excluding carboxylic acids is 1. The van der Waals surface area contributed by atoms with Crippen molar-refractivity contribution in [3.05, 3.63) is 29.8 Å². The maximum Gasteiger partial charge on any atom is 0.250 e. The summed E-state index contributed by atoms with van der Waals surface area (Å²) in [6.07, 6.45) is 6.78. The van der Waals surface area contributed by atoms with Crippen molar-refractivity contribution in [3.8, 4) is 5.75 Å². The predicted molar refractivity (Wildman–Crippen MR) is 151 cm³/mol. The maximum atomic E-state index is 13.3. The molecule has 1 spiro atoms. The van der Waals surface area contributed by atoms with Gasteiger partial charge >= 0.3 is 0 Å². The van der Waals surface area contributed by atoms with E-state index in [9.17, 15) is 9.90 Å². The lowest BCUT2D eigenvalue weighted by Gasteiger charge is -2.61. The summed E-state index contributed by atoms with van der Waals surface area (Å²) in [6, 6.07) is 8.82. The standard InChI is InChI=1S/C32H48O5Si/c1-29(2,3)38(5,6)37-22-9-7-21(8-10-22)24-19-30(4)25(11-12-27(30)33)23-13-15-31(34)20-32(35-17-18-36-32)16-14-26(31)28(23)24/h7-10,23-26,28,34H,11-20H2,1-6H3/t23-,24+,25-,26+,28+,30-,31+/m0/s1. The van der Waals surface area contributed by atoms with Crippen LogP contribution in [0.3, 0.4) is 0 Å². The number of ketones is 1. The van der Waals surface area contributed by atoms with Gasteiger partial charge in [0.05, 0.1) is 18.8 Å². The van der Waals surface area contributed by atoms with E-state index in [-0.39, 0.29) is 22.3 Å². The van der Waals surface area contributed by atoms with Gasteiger partial charge in [-0.3, -0.25) is 4.79 Å². The quantitative estimate of drug-likeness (QED) is 0.425. The van der Waals surface area contributed by atoms with Crippen LogP contribution in [-0.2, 0) is 14.3 Å². The SMILES string of the molecule is CC(C)(C)[Si](C)(C)Oc1ccc([C@H]2C[C@]3(C)C(=O)CC[C@H]3[C@@H]3CC[C@@]4(O)CC5(CC[C@@H]4[C@H]32)OCCO5)cc1. The highest BCUT2D eigenvalue weighted by atomic mass is 28.4. The first kappa shape index (κ1) is 27.0. The van der Waals surface area contributed by atoms with Crippen LogP contribution >= 0.6 is 0 Å². The highest BCUT2D eigenvalue weighted by Crippen LogP contribution is 2.66. The Morgan fingerprint density at radius 1 is 1.00 bits per heavy atom. The van der Waals surface area contributed by atoms with Gasteiger partial charge in [0, 0.05) is 24.7 Å². The van der Waals surface area contributed by atoms with E-state index in [4.69, 9.17) is 13.9 Å². The van der Waals surface area contributed by atoms with E-state index in [2.05, 4.69) is 65.1 Å². The molecule has 4 saturated carbocycles. The molecular weight excluding hydrogens is 492 g/mol. The Hall–Kier alpha value is -1.21. The molecule has 5 nitrogen and oxygen atoms in total. The van der Waals surface area contributed by atoms with Crippen molar-refractivity contribution in [2.24, 2.45) is 29.1 Å². The van der Waals surface area contributed by atoms with Gasteiger partial charge in [-0.2, -0.15) is 0 Å². The van der Waals surface area contributed by atoms with E-state index >= 15 is 0 Å². The normalized spacial score (nSPS) is 40.5. The number of carbonyl (C=O) groups is 1. The molecular formula is C32H48O5Si. The van der Waals surface area contributed by atoms with Crippen LogP contribution < -0.4 is 4.43 Å². The van der Waals surface area contributed by atoms with E-state index in [1.165, 1.54) is 5.56 Å². The average molecular weight is 541 g/mol. The molecule has 5 fully saturated rings. The van der Waals surface area contributed by atoms with Gasteiger partial charge in [-0.05, 0) is 97.5 Å². The summed E-state index contributed by atoms with van der Waals surface area (Å²) in [7, 11) is -1.92. The van der Waals surface area contributed by atoms with Crippen molar-refractivity contribution < 1.29 is 23.8 Å². The van der Waals surface area contributed by atoms with Crippen LogP contribution in [0.4, 0.5) is 0 Å². The van der Waals surface area contributed by atoms with Crippen molar-refractivity contribution >= 4 is 14.1 Å². The number of Topliss-reactive ketones (excluding diaryl/α,β-unsaturated/α-hetero) is 1. The van der Waals surface area contributed by atoms with Crippen LogP contribution in [0, 0.1) is 29.1 Å². The second kappa shape index (κ2) is 8.89. The largest absolute Gasteiger partial charge is 0.544 e. The highest BCUT2D eigenvalue weighted by molar-refractivity contribution is 6.74. The molecule has 0 bridgehead atoms. The molecule has 1 heterocycles. The summed E-state index contributed by atoms with van der Waals surface area (Å²) >= 11 is 0. The van der Waals surface area contributed by atoms with E-state index in [0.29, 0.717) is 43.2 Å². The summed E-state index contributed by atoms with van der Waals surface area (Å²) in [4.78, 5) is 13.3. The van der Waals surface area contributed by atoms with E-state index < -0.39 is 19.7 Å². The van der Waals surface area contributed by atoms with E-state index in [1.54, 1.807) is 0 Å². The van der Waals surface area contributed by atoms with Crippen molar-refractivity contribution in [1.29, 1.82) is 0 Å². The lowest BCUT2D eigenvalue weighted by Crippen LogP contribution is -2.61. The third kappa shape index (κ3) is 4.15. The average Bonchev–Trinajstić information content (AvgIpc) is 3.41. The second-order valence-electron chi connectivity index (χ2n) is 15.0. The van der Waals surface area contributed by atoms with Crippen LogP contribution in [0.1, 0.15) is 90.5 Å². The zero-order chi connectivity index (χ0) is 27.1. The van der Waals surface area contributed by atoms with Crippen molar-refractivity contribution in [3.63, 3.8) is 0 Å². The topological polar surface area (TPSA) is 65.0 Å². The molecule has 1 N–H and O–H groups in total. The molecule has 0 amide bonds. The molecule has 6 heteroatoms. The van der Waals surface area contributed by atoms with Gasteiger partial charge in [0.1, 0.15) is 11.5 Å². The molecule has 4 aliphatic carbocycles. The zero-order valence-corrected chi connectivity index (χ0v) is 25.3. The van der Waals surface area contributed by atoms with Gasteiger partial charge in [-0.1, -0.05) is 39.8 Å². The summed E-state index contributed by atoms with van der Waals surface area (Å²) in [5, 5.41) is 12.3. The smallest absolute Gasteiger partial charge is 0.250 e. The summed E-state index contributed by atoms with van der Waals surface area (Å²) in [5.41, 5.74) is 0.300. The number of hydrogen-bond acceptors (Lipinski definition) is 5. The van der Waals surface area contributed by atoms with E-state index in [0.717, 1.165) is 50.7 Å². The van der Waals surface area contributed by atoms with Gasteiger partial charge in [0.25, 0.3) is 0 Å². The van der Waals surface area contributed by atoms with E-state index in [1.807, 2.05) is 0 Å². The predicted octanol–water partition coefficient (Wildman–Crippen LogP) is 6.84. The van der Waals surface area contributed by atoms with Crippen LogP contribution in [-0.4, -0.2) is 43.8 Å². The van der Waals surface area contributed by atoms with Crippen LogP contribution in [0.5, 0.6) is 5.75 Å². The summed E-state index contributed by atoms with van der Waals surface area (Å²) in [5.74, 6) is 2.60. The molecule has 6 rings (SSSR count). The lowest BCUT2D eigenvalue weighted by molar-refractivity contribution is -0.257. The van der Waals surface area contributed by atoms with Gasteiger partial charge in [-0.25, -0.2) is 0 Å². The molecule has 0 unspecified atom stereocenters. The van der Waals surface area contributed by atoms with Crippen molar-refractivity contribution in [2.45, 2.75) is 114 Å². The van der Waals surface area contributed by atoms with Crippen LogP contribution in [0.25, 0.3) is 0 Å². The number of aliphatic hydroxyl groups is 1. The fourth-order valence-electron chi connectivity index (χ4n) is 9.07. The minimum atomic E-state index is -1.92. The van der Waals surface area contributed by atoms with Gasteiger partial charge in [-0.15, -0.1) is 0 Å². The molecule has 1 aromatic carbocycles. The molecule has 0 aromatic heterocycles. The first-order valence-corrected chi connectivity index (χ1v) is 18.0. The highest BCUT2D eigenvalue weighted by Gasteiger charge is 2.65. The third-order valence-electron chi connectivity index (χ3n) is 12.0. The molecule has 38 heavy (non-hydrogen) atoms. The number of benzene rings is 1. The Bertz CT molecular complexity index is 1070. The minimum absolute atomic E-state index is 0.145. The molecule has 5 aliphatic rings. The Morgan fingerprint density at radius 2 is 1.68 bits per heavy atom. The zero-order valence-electron chi connectivity index (χ0n) is 24.3. The monoisotopic (exact) mass is 540 g/mol. The minimum Gasteiger partial charge on any atom is -0.544 e.